The minimum Gasteiger partial charge on any atom is -0.248 e. The Hall–Kier alpha value is -1.22. The van der Waals surface area contributed by atoms with Gasteiger partial charge in [-0.25, -0.2) is 5.43 Å². The highest BCUT2D eigenvalue weighted by atomic mass is 32.2. The van der Waals surface area contributed by atoms with E-state index in [-0.39, 0.29) is 16.4 Å². The summed E-state index contributed by atoms with van der Waals surface area (Å²) in [6.45, 7) is 0. The average Bonchev–Trinajstić information content (AvgIpc) is 2.04. The molecule has 1 rings (SSSR count). The lowest BCUT2D eigenvalue weighted by molar-refractivity contribution is 0.625. The van der Waals surface area contributed by atoms with Crippen molar-refractivity contribution >= 4 is 30.6 Å². The molecule has 0 aromatic rings. The van der Waals surface area contributed by atoms with Gasteiger partial charge < -0.3 is 0 Å². The molecule has 0 atom stereocenters. The van der Waals surface area contributed by atoms with Gasteiger partial charge in [-0.2, -0.15) is 16.8 Å². The second-order valence-corrected chi connectivity index (χ2v) is 3.68. The Labute approximate surface area is 70.2 Å². The smallest absolute Gasteiger partial charge is 0.238 e. The third-order valence-corrected chi connectivity index (χ3v) is 2.29. The van der Waals surface area contributed by atoms with Crippen molar-refractivity contribution in [3.8, 4) is 0 Å². The predicted octanol–water partition coefficient (Wildman–Crippen LogP) is -1.64. The summed E-state index contributed by atoms with van der Waals surface area (Å²) in [4.78, 5) is -0.503. The first kappa shape index (κ1) is 8.87. The fourth-order valence-electron chi connectivity index (χ4n) is 0.537. The fraction of sp³-hybridized carbons (Fsp3) is 0.333. The fourth-order valence-corrected chi connectivity index (χ4v) is 1.37. The van der Waals surface area contributed by atoms with Crippen LogP contribution in [-0.2, 0) is 20.6 Å². The monoisotopic (exact) mass is 209 g/mol. The molecule has 1 N–H and O–H groups in total. The molecule has 0 bridgehead atoms. The van der Waals surface area contributed by atoms with Crippen LogP contribution < -0.4 is 5.43 Å². The van der Waals surface area contributed by atoms with E-state index in [0.717, 1.165) is 0 Å². The van der Waals surface area contributed by atoms with E-state index >= 15 is 0 Å². The van der Waals surface area contributed by atoms with Crippen LogP contribution in [0.25, 0.3) is 0 Å². The van der Waals surface area contributed by atoms with E-state index in [9.17, 15) is 16.8 Å². The van der Waals surface area contributed by atoms with Crippen LogP contribution in [0.1, 0.15) is 6.42 Å². The van der Waals surface area contributed by atoms with Crippen LogP contribution in [0.3, 0.4) is 0 Å². The normalized spacial score (nSPS) is 15.7. The van der Waals surface area contributed by atoms with Crippen molar-refractivity contribution in [2.45, 2.75) is 6.42 Å². The molecule has 0 saturated heterocycles. The highest BCUT2D eigenvalue weighted by Crippen LogP contribution is 1.94. The Bertz CT molecular complexity index is 466. The maximum absolute atomic E-state index is 10.3. The Kier molecular flexibility index (Phi) is 2.55. The summed E-state index contributed by atoms with van der Waals surface area (Å²) < 4.78 is 41.2. The Morgan fingerprint density at radius 1 is 1.17 bits per heavy atom. The molecule has 0 aliphatic carbocycles. The molecule has 0 unspecified atom stereocenters. The van der Waals surface area contributed by atoms with E-state index < -0.39 is 20.6 Å². The zero-order chi connectivity index (χ0) is 9.14. The Balaban J connectivity index is 3.26. The predicted molar refractivity (Wildman–Crippen MR) is 40.5 cm³/mol. The van der Waals surface area contributed by atoms with Gasteiger partial charge in [0.1, 0.15) is 0 Å². The molecule has 0 radical (unpaired) electrons. The summed E-state index contributed by atoms with van der Waals surface area (Å²) in [6.07, 6.45) is -0.268. The van der Waals surface area contributed by atoms with Gasteiger partial charge in [-0.3, -0.25) is 0 Å². The van der Waals surface area contributed by atoms with Crippen LogP contribution in [0, 0.1) is 0 Å². The third kappa shape index (κ3) is 1.89. The van der Waals surface area contributed by atoms with E-state index in [0.29, 0.717) is 0 Å². The van der Waals surface area contributed by atoms with E-state index in [4.69, 9.17) is 0 Å². The van der Waals surface area contributed by atoms with Gasteiger partial charge >= 0.3 is 0 Å². The van der Waals surface area contributed by atoms with Gasteiger partial charge in [-0.05, 0) is 0 Å². The molecule has 12 heavy (non-hydrogen) atoms. The van der Waals surface area contributed by atoms with Gasteiger partial charge in [0.15, 0.2) is 9.98 Å². The van der Waals surface area contributed by atoms with Crippen LogP contribution >= 0.6 is 0 Å². The summed E-state index contributed by atoms with van der Waals surface area (Å²) in [7, 11) is -5.00. The number of hydrogen-bond donors (Lipinski definition) is 1. The molecule has 0 fully saturated rings. The van der Waals surface area contributed by atoms with Gasteiger partial charge in [0.25, 0.3) is 0 Å². The zero-order valence-electron chi connectivity index (χ0n) is 5.55. The molecule has 1 aliphatic rings. The highest BCUT2D eigenvalue weighted by molar-refractivity contribution is 7.74. The van der Waals surface area contributed by atoms with Gasteiger partial charge in [-0.1, -0.05) is 5.22 Å². The molecule has 1 heterocycles. The quantitative estimate of drug-likeness (QED) is 0.482. The van der Waals surface area contributed by atoms with Gasteiger partial charge in [-0.15, -0.1) is 5.11 Å². The van der Waals surface area contributed by atoms with Gasteiger partial charge in [0.05, 0.1) is 6.42 Å². The van der Waals surface area contributed by atoms with Crippen molar-refractivity contribution in [2.24, 2.45) is 10.3 Å². The maximum atomic E-state index is 10.3. The molecule has 0 aromatic heterocycles. The lowest BCUT2D eigenvalue weighted by Crippen LogP contribution is -2.25. The summed E-state index contributed by atoms with van der Waals surface area (Å²) in [6, 6.07) is 0. The van der Waals surface area contributed by atoms with Gasteiger partial charge in [0.2, 0.25) is 20.6 Å². The van der Waals surface area contributed by atoms with Crippen molar-refractivity contribution in [3.63, 3.8) is 0 Å². The number of rotatable bonds is 0. The van der Waals surface area contributed by atoms with Crippen molar-refractivity contribution in [2.75, 3.05) is 0 Å². The van der Waals surface area contributed by atoms with Crippen molar-refractivity contribution < 1.29 is 16.8 Å². The van der Waals surface area contributed by atoms with Crippen LogP contribution in [0.5, 0.6) is 0 Å². The van der Waals surface area contributed by atoms with E-state index in [1.54, 1.807) is 0 Å². The number of nitrogens with zero attached hydrogens (tertiary/aromatic N) is 2. The molecular formula is C3H3N3O4S2. The molecule has 1 aliphatic heterocycles. The second kappa shape index (κ2) is 3.45. The SMILES string of the molecule is O=S(=O)=C1CC(=S(=O)=O)NN=N1. The molecule has 0 saturated carbocycles. The minimum absolute atomic E-state index is 0.204. The van der Waals surface area contributed by atoms with Crippen LogP contribution in [-0.4, -0.2) is 26.8 Å². The van der Waals surface area contributed by atoms with E-state index in [2.05, 4.69) is 15.8 Å². The maximum Gasteiger partial charge on any atom is 0.238 e. The van der Waals surface area contributed by atoms with Crippen molar-refractivity contribution in [1.29, 1.82) is 0 Å². The Morgan fingerprint density at radius 2 is 1.83 bits per heavy atom. The minimum atomic E-state index is -2.52. The summed E-state index contributed by atoms with van der Waals surface area (Å²) in [5.41, 5.74) is 2.07. The van der Waals surface area contributed by atoms with Crippen LogP contribution in [0.4, 0.5) is 0 Å². The largest absolute Gasteiger partial charge is 0.248 e. The summed E-state index contributed by atoms with van der Waals surface area (Å²) in [5.74, 6) is 0. The van der Waals surface area contributed by atoms with E-state index in [1.165, 1.54) is 0 Å². The summed E-state index contributed by atoms with van der Waals surface area (Å²) in [5, 5.41) is 6.28. The Morgan fingerprint density at radius 3 is 2.33 bits per heavy atom. The topological polar surface area (TPSA) is 105 Å². The first-order chi connectivity index (χ1) is 5.61. The third-order valence-electron chi connectivity index (χ3n) is 1.04. The van der Waals surface area contributed by atoms with Crippen molar-refractivity contribution in [3.05, 3.63) is 0 Å². The molecule has 9 heteroatoms. The number of nitrogens with one attached hydrogen (secondary N) is 1. The molecular weight excluding hydrogens is 206 g/mol. The molecule has 66 valence electrons. The van der Waals surface area contributed by atoms with Crippen LogP contribution in [0.15, 0.2) is 10.3 Å². The molecule has 0 spiro atoms. The van der Waals surface area contributed by atoms with Crippen LogP contribution in [0.2, 0.25) is 0 Å². The first-order valence-electron chi connectivity index (χ1n) is 2.68. The standard InChI is InChI=1S/C3H3N3O4S2/c7-11(8)2-1-3(12(9)10)5-6-4-2/h1H2,(H,4,5). The van der Waals surface area contributed by atoms with Crippen molar-refractivity contribution in [1.82, 2.24) is 5.43 Å². The first-order valence-corrected chi connectivity index (χ1v) is 4.83. The molecule has 0 amide bonds. The molecule has 0 aromatic carbocycles. The van der Waals surface area contributed by atoms with Gasteiger partial charge in [0, 0.05) is 0 Å². The molecule has 7 nitrogen and oxygen atoms in total. The average molecular weight is 209 g/mol. The van der Waals surface area contributed by atoms with E-state index in [1.807, 2.05) is 0 Å². The number of hydrogen-bond acceptors (Lipinski definition) is 5. The summed E-state index contributed by atoms with van der Waals surface area (Å²) >= 11 is 0. The highest BCUT2D eigenvalue weighted by Gasteiger charge is 2.12. The second-order valence-electron chi connectivity index (χ2n) is 1.77. The lowest BCUT2D eigenvalue weighted by Gasteiger charge is -2.02. The zero-order valence-corrected chi connectivity index (χ0v) is 7.18. The lowest BCUT2D eigenvalue weighted by atomic mass is 10.4.